The molecule has 0 spiro atoms. The summed E-state index contributed by atoms with van der Waals surface area (Å²) in [5.41, 5.74) is 0.716. The molecule has 158 valence electrons. The van der Waals surface area contributed by atoms with E-state index in [2.05, 4.69) is 5.32 Å². The molecule has 31 heavy (non-hydrogen) atoms. The van der Waals surface area contributed by atoms with Crippen LogP contribution >= 0.6 is 34.5 Å². The van der Waals surface area contributed by atoms with Gasteiger partial charge in [-0.05, 0) is 29.3 Å². The van der Waals surface area contributed by atoms with Crippen LogP contribution in [0.15, 0.2) is 64.2 Å². The van der Waals surface area contributed by atoms with Crippen molar-refractivity contribution in [2.75, 3.05) is 0 Å². The van der Waals surface area contributed by atoms with E-state index in [1.54, 1.807) is 25.2 Å². The maximum Gasteiger partial charge on any atom is 0.332 e. The summed E-state index contributed by atoms with van der Waals surface area (Å²) < 4.78 is 2.58. The predicted molar refractivity (Wildman–Crippen MR) is 125 cm³/mol. The van der Waals surface area contributed by atoms with Gasteiger partial charge in [0.15, 0.2) is 0 Å². The molecule has 4 aromatic rings. The molecule has 0 radical (unpaired) electrons. The first-order valence-corrected chi connectivity index (χ1v) is 10.9. The molecule has 0 saturated carbocycles. The lowest BCUT2D eigenvalue weighted by Gasteiger charge is -2.08. The van der Waals surface area contributed by atoms with E-state index in [4.69, 9.17) is 23.2 Å². The fraction of sp³-hybridized carbons (Fsp3) is 0.136. The Morgan fingerprint density at radius 3 is 2.52 bits per heavy atom. The highest BCUT2D eigenvalue weighted by Crippen LogP contribution is 2.23. The lowest BCUT2D eigenvalue weighted by atomic mass is 10.2. The van der Waals surface area contributed by atoms with Crippen LogP contribution in [-0.2, 0) is 20.1 Å². The van der Waals surface area contributed by atoms with Gasteiger partial charge in [-0.15, -0.1) is 11.3 Å². The Labute approximate surface area is 191 Å². The minimum atomic E-state index is -0.428. The molecular formula is C22H17Cl2N3O3S. The first-order valence-electron chi connectivity index (χ1n) is 9.34. The minimum Gasteiger partial charge on any atom is -0.347 e. The van der Waals surface area contributed by atoms with Gasteiger partial charge in [-0.3, -0.25) is 18.7 Å². The van der Waals surface area contributed by atoms with Crippen LogP contribution in [0.1, 0.15) is 20.8 Å². The normalized spacial score (nSPS) is 11.1. The molecule has 0 aliphatic carbocycles. The van der Waals surface area contributed by atoms with Crippen molar-refractivity contribution in [2.45, 2.75) is 13.1 Å². The molecule has 0 atom stereocenters. The van der Waals surface area contributed by atoms with Gasteiger partial charge in [0.25, 0.3) is 11.5 Å². The molecule has 2 aromatic heterocycles. The van der Waals surface area contributed by atoms with Crippen molar-refractivity contribution in [3.63, 3.8) is 0 Å². The summed E-state index contributed by atoms with van der Waals surface area (Å²) in [6, 6.07) is 15.8. The van der Waals surface area contributed by atoms with Gasteiger partial charge in [0.05, 0.1) is 16.8 Å². The molecule has 0 fully saturated rings. The maximum atomic E-state index is 13.0. The zero-order valence-corrected chi connectivity index (χ0v) is 18.7. The van der Waals surface area contributed by atoms with Gasteiger partial charge in [-0.25, -0.2) is 4.79 Å². The molecule has 2 aromatic carbocycles. The van der Waals surface area contributed by atoms with Gasteiger partial charge in [-0.1, -0.05) is 59.6 Å². The van der Waals surface area contributed by atoms with Gasteiger partial charge < -0.3 is 5.32 Å². The molecular weight excluding hydrogens is 457 g/mol. The average molecular weight is 474 g/mol. The maximum absolute atomic E-state index is 13.0. The molecule has 6 nitrogen and oxygen atoms in total. The van der Waals surface area contributed by atoms with E-state index in [0.29, 0.717) is 25.1 Å². The molecule has 2 heterocycles. The Morgan fingerprint density at radius 1 is 1.06 bits per heavy atom. The third-order valence-electron chi connectivity index (χ3n) is 4.87. The van der Waals surface area contributed by atoms with E-state index in [9.17, 15) is 14.4 Å². The molecule has 0 aliphatic heterocycles. The number of thiophene rings is 1. The van der Waals surface area contributed by atoms with Gasteiger partial charge in [0.1, 0.15) is 4.83 Å². The van der Waals surface area contributed by atoms with Crippen LogP contribution in [-0.4, -0.2) is 15.0 Å². The number of aromatic nitrogens is 2. The number of amides is 1. The fourth-order valence-electron chi connectivity index (χ4n) is 3.23. The second kappa shape index (κ2) is 8.70. The lowest BCUT2D eigenvalue weighted by molar-refractivity contribution is 0.0955. The molecule has 1 amide bonds. The van der Waals surface area contributed by atoms with Gasteiger partial charge in [0.2, 0.25) is 0 Å². The minimum absolute atomic E-state index is 0.161. The lowest BCUT2D eigenvalue weighted by Crippen LogP contribution is -2.38. The third-order valence-corrected chi connectivity index (χ3v) is 6.67. The monoisotopic (exact) mass is 473 g/mol. The number of carbonyl (C=O) groups excluding carboxylic acids is 1. The molecule has 0 bridgehead atoms. The Balaban J connectivity index is 1.65. The number of rotatable bonds is 5. The number of fused-ring (bicyclic) bond motifs is 1. The highest BCUT2D eigenvalue weighted by Gasteiger charge is 2.18. The Morgan fingerprint density at radius 2 is 1.81 bits per heavy atom. The number of nitrogens with zero attached hydrogens (tertiary/aromatic N) is 2. The largest absolute Gasteiger partial charge is 0.347 e. The Hall–Kier alpha value is -2.87. The van der Waals surface area contributed by atoms with Crippen LogP contribution in [0.4, 0.5) is 0 Å². The number of aryl methyl sites for hydroxylation is 1. The first kappa shape index (κ1) is 21.4. The smallest absolute Gasteiger partial charge is 0.332 e. The fourth-order valence-corrected chi connectivity index (χ4v) is 4.73. The molecule has 9 heteroatoms. The van der Waals surface area contributed by atoms with E-state index in [0.717, 1.165) is 22.5 Å². The Kier molecular flexibility index (Phi) is 6.00. The second-order valence-electron chi connectivity index (χ2n) is 6.97. The standard InChI is InChI=1S/C22H17Cl2N3O3S/c1-26-21-16(20(29)27(22(26)30)12-13-5-3-2-4-6-13)10-18(31-21)19(28)25-11-14-7-8-15(23)9-17(14)24/h2-10H,11-12H2,1H3,(H,25,28). The van der Waals surface area contributed by atoms with Crippen molar-refractivity contribution < 1.29 is 4.79 Å². The highest BCUT2D eigenvalue weighted by atomic mass is 35.5. The van der Waals surface area contributed by atoms with Crippen LogP contribution in [0.5, 0.6) is 0 Å². The molecule has 1 N–H and O–H groups in total. The summed E-state index contributed by atoms with van der Waals surface area (Å²) in [5, 5.41) is 4.09. The van der Waals surface area contributed by atoms with E-state index in [1.807, 2.05) is 30.3 Å². The number of nitrogens with one attached hydrogen (secondary N) is 1. The van der Waals surface area contributed by atoms with Crippen molar-refractivity contribution in [2.24, 2.45) is 7.05 Å². The summed E-state index contributed by atoms with van der Waals surface area (Å²) in [6.45, 7) is 0.370. The van der Waals surface area contributed by atoms with Crippen molar-refractivity contribution in [3.05, 3.63) is 101 Å². The van der Waals surface area contributed by atoms with Crippen LogP contribution in [0.3, 0.4) is 0 Å². The topological polar surface area (TPSA) is 73.1 Å². The van der Waals surface area contributed by atoms with Crippen molar-refractivity contribution >= 4 is 50.7 Å². The SMILES string of the molecule is Cn1c(=O)n(Cc2ccccc2)c(=O)c2cc(C(=O)NCc3ccc(Cl)cc3Cl)sc21. The van der Waals surface area contributed by atoms with Gasteiger partial charge >= 0.3 is 5.69 Å². The predicted octanol–water partition coefficient (Wildman–Crippen LogP) is 4.05. The zero-order chi connectivity index (χ0) is 22.1. The molecule has 0 aliphatic rings. The molecule has 0 saturated heterocycles. The summed E-state index contributed by atoms with van der Waals surface area (Å²) in [6.07, 6.45) is 0. The highest BCUT2D eigenvalue weighted by molar-refractivity contribution is 7.20. The van der Waals surface area contributed by atoms with Gasteiger partial charge in [0, 0.05) is 23.6 Å². The number of carbonyl (C=O) groups is 1. The quantitative estimate of drug-likeness (QED) is 0.475. The third kappa shape index (κ3) is 4.30. The van der Waals surface area contributed by atoms with E-state index in [1.165, 1.54) is 15.2 Å². The molecule has 0 unspecified atom stereocenters. The molecule has 4 rings (SSSR count). The van der Waals surface area contributed by atoms with E-state index in [-0.39, 0.29) is 19.0 Å². The zero-order valence-electron chi connectivity index (χ0n) is 16.4. The van der Waals surface area contributed by atoms with Crippen LogP contribution in [0.25, 0.3) is 10.2 Å². The van der Waals surface area contributed by atoms with Crippen LogP contribution in [0.2, 0.25) is 10.0 Å². The van der Waals surface area contributed by atoms with Gasteiger partial charge in [-0.2, -0.15) is 0 Å². The number of hydrogen-bond donors (Lipinski definition) is 1. The number of benzene rings is 2. The van der Waals surface area contributed by atoms with Crippen LogP contribution < -0.4 is 16.6 Å². The van der Waals surface area contributed by atoms with Crippen molar-refractivity contribution in [1.82, 2.24) is 14.5 Å². The summed E-state index contributed by atoms with van der Waals surface area (Å²) in [4.78, 5) is 39.2. The van der Waals surface area contributed by atoms with E-state index >= 15 is 0 Å². The van der Waals surface area contributed by atoms with Crippen molar-refractivity contribution in [1.29, 1.82) is 0 Å². The average Bonchev–Trinajstić information content (AvgIpc) is 3.21. The number of hydrogen-bond acceptors (Lipinski definition) is 4. The Bertz CT molecular complexity index is 1410. The van der Waals surface area contributed by atoms with Crippen LogP contribution in [0, 0.1) is 0 Å². The second-order valence-corrected chi connectivity index (χ2v) is 8.84. The first-order chi connectivity index (χ1) is 14.8. The van der Waals surface area contributed by atoms with E-state index < -0.39 is 11.2 Å². The summed E-state index contributed by atoms with van der Waals surface area (Å²) in [5.74, 6) is -0.353. The summed E-state index contributed by atoms with van der Waals surface area (Å²) in [7, 11) is 1.59. The summed E-state index contributed by atoms with van der Waals surface area (Å²) >= 11 is 13.1. The number of halogens is 2. The van der Waals surface area contributed by atoms with Crippen molar-refractivity contribution in [3.8, 4) is 0 Å².